The van der Waals surface area contributed by atoms with Crippen LogP contribution in [0.5, 0.6) is 0 Å². The number of pyridine rings is 1. The molecule has 1 aliphatic rings. The normalized spacial score (nSPS) is 14.0. The quantitative estimate of drug-likeness (QED) is 0.775. The Hall–Kier alpha value is -3.35. The highest BCUT2D eigenvalue weighted by molar-refractivity contribution is 6.03. The highest BCUT2D eigenvalue weighted by atomic mass is 16.2. The summed E-state index contributed by atoms with van der Waals surface area (Å²) in [6, 6.07) is 12.7. The van der Waals surface area contributed by atoms with Gasteiger partial charge in [-0.2, -0.15) is 0 Å². The Balaban J connectivity index is 1.50. The summed E-state index contributed by atoms with van der Waals surface area (Å²) in [5.41, 5.74) is 2.53. The maximum absolute atomic E-state index is 12.3. The predicted molar refractivity (Wildman–Crippen MR) is 90.3 cm³/mol. The minimum atomic E-state index is -0.273. The lowest BCUT2D eigenvalue weighted by molar-refractivity contribution is 0.102. The average Bonchev–Trinajstić information content (AvgIpc) is 3.21. The van der Waals surface area contributed by atoms with Gasteiger partial charge in [0.05, 0.1) is 0 Å². The van der Waals surface area contributed by atoms with Crippen molar-refractivity contribution in [2.75, 3.05) is 23.3 Å². The topological polar surface area (TPSA) is 78.7 Å². The number of imidazole rings is 1. The van der Waals surface area contributed by atoms with Crippen LogP contribution < -0.4 is 15.5 Å². The van der Waals surface area contributed by atoms with Crippen molar-refractivity contribution in [2.24, 2.45) is 0 Å². The summed E-state index contributed by atoms with van der Waals surface area (Å²) in [4.78, 5) is 29.9. The van der Waals surface area contributed by atoms with Crippen molar-refractivity contribution in [3.05, 3.63) is 60.6 Å². The molecule has 3 heterocycles. The Morgan fingerprint density at radius 3 is 2.71 bits per heavy atom. The minimum Gasteiger partial charge on any atom is -0.336 e. The third-order valence-corrected chi connectivity index (χ3v) is 3.89. The second-order valence-corrected chi connectivity index (χ2v) is 5.48. The van der Waals surface area contributed by atoms with Gasteiger partial charge in [0.25, 0.3) is 5.91 Å². The van der Waals surface area contributed by atoms with Crippen LogP contribution >= 0.6 is 0 Å². The number of benzene rings is 1. The van der Waals surface area contributed by atoms with Crippen molar-refractivity contribution >= 4 is 29.0 Å². The maximum atomic E-state index is 12.3. The number of carbonyl (C=O) groups excluding carboxylic acids is 2. The fourth-order valence-electron chi connectivity index (χ4n) is 2.68. The highest BCUT2D eigenvalue weighted by Gasteiger charge is 2.20. The number of urea groups is 1. The van der Waals surface area contributed by atoms with E-state index >= 15 is 0 Å². The first-order chi connectivity index (χ1) is 11.7. The van der Waals surface area contributed by atoms with E-state index in [0.717, 1.165) is 11.3 Å². The van der Waals surface area contributed by atoms with Crippen LogP contribution in [0.3, 0.4) is 0 Å². The lowest BCUT2D eigenvalue weighted by atomic mass is 10.2. The van der Waals surface area contributed by atoms with Gasteiger partial charge in [-0.05, 0) is 36.4 Å². The van der Waals surface area contributed by atoms with Gasteiger partial charge in [0, 0.05) is 36.9 Å². The molecule has 4 rings (SSSR count). The van der Waals surface area contributed by atoms with E-state index in [9.17, 15) is 9.59 Å². The third-order valence-electron chi connectivity index (χ3n) is 3.89. The molecule has 7 nitrogen and oxygen atoms in total. The number of nitrogens with zero attached hydrogens (tertiary/aromatic N) is 3. The fourth-order valence-corrected chi connectivity index (χ4v) is 2.68. The van der Waals surface area contributed by atoms with E-state index in [2.05, 4.69) is 15.6 Å². The number of aromatic nitrogens is 2. The van der Waals surface area contributed by atoms with Crippen molar-refractivity contribution in [1.82, 2.24) is 14.7 Å². The van der Waals surface area contributed by atoms with Crippen LogP contribution in [0.15, 0.2) is 54.9 Å². The summed E-state index contributed by atoms with van der Waals surface area (Å²) >= 11 is 0. The number of anilines is 2. The Bertz CT molecular complexity index is 883. The molecule has 1 aliphatic heterocycles. The summed E-state index contributed by atoms with van der Waals surface area (Å²) < 4.78 is 1.80. The van der Waals surface area contributed by atoms with Crippen LogP contribution in [0.2, 0.25) is 0 Å². The van der Waals surface area contributed by atoms with Crippen LogP contribution in [-0.2, 0) is 0 Å². The smallest absolute Gasteiger partial charge is 0.321 e. The molecule has 2 N–H and O–H groups in total. The lowest BCUT2D eigenvalue weighted by Crippen LogP contribution is -2.27. The van der Waals surface area contributed by atoms with Crippen LogP contribution in [0.4, 0.5) is 16.2 Å². The molecule has 1 fully saturated rings. The van der Waals surface area contributed by atoms with Crippen LogP contribution in [0.25, 0.3) is 5.65 Å². The maximum Gasteiger partial charge on any atom is 0.321 e. The molecular formula is C17H15N5O2. The monoisotopic (exact) mass is 321 g/mol. The van der Waals surface area contributed by atoms with E-state index in [1.807, 2.05) is 36.5 Å². The van der Waals surface area contributed by atoms with Gasteiger partial charge in [0.2, 0.25) is 0 Å². The van der Waals surface area contributed by atoms with Gasteiger partial charge in [-0.1, -0.05) is 6.07 Å². The lowest BCUT2D eigenvalue weighted by Gasteiger charge is -2.14. The number of rotatable bonds is 3. The Kier molecular flexibility index (Phi) is 3.38. The SMILES string of the molecule is O=C(Nc1ccc(N2CCNC2=O)cc1)c1cn2ccccc2n1. The minimum absolute atomic E-state index is 0.100. The molecule has 0 unspecified atom stereocenters. The van der Waals surface area contributed by atoms with Gasteiger partial charge in [-0.3, -0.25) is 9.69 Å². The van der Waals surface area contributed by atoms with Crippen LogP contribution in [0, 0.1) is 0 Å². The molecule has 7 heteroatoms. The average molecular weight is 321 g/mol. The van der Waals surface area contributed by atoms with E-state index in [1.54, 1.807) is 27.6 Å². The molecule has 0 aliphatic carbocycles. The molecule has 0 spiro atoms. The number of nitrogens with one attached hydrogen (secondary N) is 2. The molecule has 0 radical (unpaired) electrons. The summed E-state index contributed by atoms with van der Waals surface area (Å²) in [5, 5.41) is 5.57. The fraction of sp³-hybridized carbons (Fsp3) is 0.118. The first-order valence-electron chi connectivity index (χ1n) is 7.61. The van der Waals surface area contributed by atoms with Crippen molar-refractivity contribution in [3.8, 4) is 0 Å². The largest absolute Gasteiger partial charge is 0.336 e. The summed E-state index contributed by atoms with van der Waals surface area (Å²) in [5.74, 6) is -0.273. The zero-order valence-corrected chi connectivity index (χ0v) is 12.8. The number of hydrogen-bond acceptors (Lipinski definition) is 3. The molecule has 24 heavy (non-hydrogen) atoms. The standard InChI is InChI=1S/C17H15N5O2/c23-16(14-11-21-9-2-1-3-15(21)20-14)19-12-4-6-13(7-5-12)22-10-8-18-17(22)24/h1-7,9,11H,8,10H2,(H,18,24)(H,19,23). The summed E-state index contributed by atoms with van der Waals surface area (Å²) in [6.07, 6.45) is 3.53. The van der Waals surface area contributed by atoms with Crippen molar-refractivity contribution in [1.29, 1.82) is 0 Å². The Morgan fingerprint density at radius 1 is 1.17 bits per heavy atom. The first-order valence-corrected chi connectivity index (χ1v) is 7.61. The highest BCUT2D eigenvalue weighted by Crippen LogP contribution is 2.20. The van der Waals surface area contributed by atoms with Crippen LogP contribution in [0.1, 0.15) is 10.5 Å². The molecule has 3 amide bonds. The zero-order valence-electron chi connectivity index (χ0n) is 12.8. The molecule has 1 aromatic carbocycles. The predicted octanol–water partition coefficient (Wildman–Crippen LogP) is 2.12. The van der Waals surface area contributed by atoms with Crippen molar-refractivity contribution in [3.63, 3.8) is 0 Å². The Morgan fingerprint density at radius 2 is 2.00 bits per heavy atom. The second-order valence-electron chi connectivity index (χ2n) is 5.48. The van der Waals surface area contributed by atoms with E-state index in [4.69, 9.17) is 0 Å². The van der Waals surface area contributed by atoms with Gasteiger partial charge in [-0.25, -0.2) is 9.78 Å². The van der Waals surface area contributed by atoms with Gasteiger partial charge in [-0.15, -0.1) is 0 Å². The molecule has 0 atom stereocenters. The molecule has 0 bridgehead atoms. The Labute approximate surface area is 137 Å². The van der Waals surface area contributed by atoms with Gasteiger partial charge in [0.15, 0.2) is 0 Å². The molecule has 120 valence electrons. The molecule has 3 aromatic rings. The van der Waals surface area contributed by atoms with Crippen LogP contribution in [-0.4, -0.2) is 34.4 Å². The molecule has 1 saturated heterocycles. The third kappa shape index (κ3) is 2.56. The summed E-state index contributed by atoms with van der Waals surface area (Å²) in [6.45, 7) is 1.29. The molecule has 2 aromatic heterocycles. The second kappa shape index (κ2) is 5.69. The van der Waals surface area contributed by atoms with E-state index in [0.29, 0.717) is 24.5 Å². The van der Waals surface area contributed by atoms with Crippen molar-refractivity contribution < 1.29 is 9.59 Å². The number of carbonyl (C=O) groups is 2. The molecular weight excluding hydrogens is 306 g/mol. The van der Waals surface area contributed by atoms with Gasteiger partial charge < -0.3 is 15.0 Å². The van der Waals surface area contributed by atoms with Crippen molar-refractivity contribution in [2.45, 2.75) is 0 Å². The zero-order chi connectivity index (χ0) is 16.5. The summed E-state index contributed by atoms with van der Waals surface area (Å²) in [7, 11) is 0. The number of fused-ring (bicyclic) bond motifs is 1. The van der Waals surface area contributed by atoms with E-state index in [1.165, 1.54) is 0 Å². The van der Waals surface area contributed by atoms with Gasteiger partial charge >= 0.3 is 6.03 Å². The first kappa shape index (κ1) is 14.3. The van der Waals surface area contributed by atoms with E-state index < -0.39 is 0 Å². The number of amides is 3. The number of hydrogen-bond donors (Lipinski definition) is 2. The van der Waals surface area contributed by atoms with Gasteiger partial charge in [0.1, 0.15) is 11.3 Å². The van der Waals surface area contributed by atoms with E-state index in [-0.39, 0.29) is 11.9 Å². The molecule has 0 saturated carbocycles.